The highest BCUT2D eigenvalue weighted by atomic mass is 32.2. The number of carbonyl (C=O) groups excluding carboxylic acids is 1. The van der Waals surface area contributed by atoms with E-state index in [1.54, 1.807) is 7.05 Å². The van der Waals surface area contributed by atoms with Crippen LogP contribution >= 0.6 is 23.1 Å². The Bertz CT molecular complexity index is 745. The van der Waals surface area contributed by atoms with E-state index >= 15 is 0 Å². The summed E-state index contributed by atoms with van der Waals surface area (Å²) in [4.78, 5) is 30.9. The van der Waals surface area contributed by atoms with Gasteiger partial charge in [0, 0.05) is 20.1 Å². The summed E-state index contributed by atoms with van der Waals surface area (Å²) in [6, 6.07) is 1.85. The SMILES string of the molecule is CC1CCN(C(=O)CSc2nc3ccsc3c(=O)n2C)CC1. The highest BCUT2D eigenvalue weighted by Gasteiger charge is 2.21. The van der Waals surface area contributed by atoms with Gasteiger partial charge in [-0.25, -0.2) is 4.98 Å². The number of likely N-dealkylation sites (tertiary alicyclic amines) is 1. The van der Waals surface area contributed by atoms with Gasteiger partial charge in [-0.1, -0.05) is 18.7 Å². The average Bonchev–Trinajstić information content (AvgIpc) is 2.98. The third-order valence-corrected chi connectivity index (χ3v) is 6.01. The Labute approximate surface area is 137 Å². The minimum atomic E-state index is -0.0400. The lowest BCUT2D eigenvalue weighted by molar-refractivity contribution is -0.129. The van der Waals surface area contributed by atoms with E-state index in [4.69, 9.17) is 0 Å². The van der Waals surface area contributed by atoms with Crippen molar-refractivity contribution in [2.75, 3.05) is 18.8 Å². The van der Waals surface area contributed by atoms with E-state index < -0.39 is 0 Å². The molecule has 118 valence electrons. The number of fused-ring (bicyclic) bond motifs is 1. The van der Waals surface area contributed by atoms with Crippen molar-refractivity contribution in [1.29, 1.82) is 0 Å². The first-order valence-corrected chi connectivity index (χ1v) is 9.27. The summed E-state index contributed by atoms with van der Waals surface area (Å²) in [5.41, 5.74) is 0.677. The van der Waals surface area contributed by atoms with Crippen molar-refractivity contribution in [1.82, 2.24) is 14.5 Å². The zero-order valence-electron chi connectivity index (χ0n) is 12.7. The first kappa shape index (κ1) is 15.6. The Balaban J connectivity index is 1.70. The maximum Gasteiger partial charge on any atom is 0.271 e. The molecule has 3 heterocycles. The van der Waals surface area contributed by atoms with E-state index in [-0.39, 0.29) is 11.5 Å². The second-order valence-corrected chi connectivity index (χ2v) is 7.60. The number of hydrogen-bond acceptors (Lipinski definition) is 5. The van der Waals surface area contributed by atoms with Crippen LogP contribution in [0.2, 0.25) is 0 Å². The number of thiophene rings is 1. The maximum absolute atomic E-state index is 12.3. The van der Waals surface area contributed by atoms with Crippen LogP contribution in [0.5, 0.6) is 0 Å². The molecule has 0 spiro atoms. The van der Waals surface area contributed by atoms with Gasteiger partial charge in [-0.05, 0) is 30.2 Å². The van der Waals surface area contributed by atoms with Gasteiger partial charge in [-0.15, -0.1) is 11.3 Å². The normalized spacial score (nSPS) is 16.4. The predicted molar refractivity (Wildman–Crippen MR) is 90.6 cm³/mol. The summed E-state index contributed by atoms with van der Waals surface area (Å²) in [6.07, 6.45) is 2.15. The molecule has 1 aliphatic rings. The molecule has 0 saturated carbocycles. The molecule has 1 saturated heterocycles. The molecule has 1 amide bonds. The van der Waals surface area contributed by atoms with Crippen molar-refractivity contribution >= 4 is 39.2 Å². The molecule has 0 aliphatic carbocycles. The number of hydrogen-bond donors (Lipinski definition) is 0. The zero-order chi connectivity index (χ0) is 15.7. The topological polar surface area (TPSA) is 55.2 Å². The highest BCUT2D eigenvalue weighted by Crippen LogP contribution is 2.22. The number of thioether (sulfide) groups is 1. The molecule has 2 aromatic heterocycles. The summed E-state index contributed by atoms with van der Waals surface area (Å²) in [5.74, 6) is 1.18. The molecule has 0 bridgehead atoms. The summed E-state index contributed by atoms with van der Waals surface area (Å²) in [6.45, 7) is 3.92. The van der Waals surface area contributed by atoms with Gasteiger partial charge in [0.1, 0.15) is 4.70 Å². The van der Waals surface area contributed by atoms with Crippen LogP contribution in [-0.4, -0.2) is 39.2 Å². The molecule has 7 heteroatoms. The lowest BCUT2D eigenvalue weighted by Gasteiger charge is -2.30. The third kappa shape index (κ3) is 3.05. The van der Waals surface area contributed by atoms with Gasteiger partial charge in [-0.3, -0.25) is 14.2 Å². The van der Waals surface area contributed by atoms with Crippen molar-refractivity contribution in [2.45, 2.75) is 24.9 Å². The van der Waals surface area contributed by atoms with Gasteiger partial charge < -0.3 is 4.90 Å². The molecule has 5 nitrogen and oxygen atoms in total. The average molecular weight is 337 g/mol. The van der Waals surface area contributed by atoms with Crippen LogP contribution in [0.15, 0.2) is 21.4 Å². The van der Waals surface area contributed by atoms with Gasteiger partial charge in [0.15, 0.2) is 5.16 Å². The van der Waals surface area contributed by atoms with E-state index in [9.17, 15) is 9.59 Å². The molecular weight excluding hydrogens is 318 g/mol. The van der Waals surface area contributed by atoms with Crippen LogP contribution in [0.3, 0.4) is 0 Å². The second-order valence-electron chi connectivity index (χ2n) is 5.75. The number of rotatable bonds is 3. The van der Waals surface area contributed by atoms with E-state index in [1.807, 2.05) is 16.3 Å². The molecule has 3 rings (SSSR count). The smallest absolute Gasteiger partial charge is 0.271 e. The van der Waals surface area contributed by atoms with Crippen molar-refractivity contribution in [2.24, 2.45) is 13.0 Å². The van der Waals surface area contributed by atoms with Crippen LogP contribution in [-0.2, 0) is 11.8 Å². The standard InChI is InChI=1S/C15H19N3O2S2/c1-10-3-6-18(7-4-10)12(19)9-22-15-16-11-5-8-21-13(11)14(20)17(15)2/h5,8,10H,3-4,6-7,9H2,1-2H3. The molecule has 22 heavy (non-hydrogen) atoms. The maximum atomic E-state index is 12.3. The lowest BCUT2D eigenvalue weighted by atomic mass is 9.99. The molecule has 1 fully saturated rings. The molecule has 0 radical (unpaired) electrons. The number of nitrogens with zero attached hydrogens (tertiary/aromatic N) is 3. The van der Waals surface area contributed by atoms with Gasteiger partial charge >= 0.3 is 0 Å². The van der Waals surface area contributed by atoms with Crippen molar-refractivity contribution in [3.05, 3.63) is 21.8 Å². The highest BCUT2D eigenvalue weighted by molar-refractivity contribution is 7.99. The summed E-state index contributed by atoms with van der Waals surface area (Å²) in [5, 5.41) is 2.47. The Morgan fingerprint density at radius 2 is 2.18 bits per heavy atom. The quantitative estimate of drug-likeness (QED) is 0.637. The van der Waals surface area contributed by atoms with Crippen LogP contribution in [0.4, 0.5) is 0 Å². The largest absolute Gasteiger partial charge is 0.342 e. The predicted octanol–water partition coefficient (Wildman–Crippen LogP) is 2.35. The van der Waals surface area contributed by atoms with Crippen molar-refractivity contribution < 1.29 is 4.79 Å². The number of aromatic nitrogens is 2. The van der Waals surface area contributed by atoms with Crippen LogP contribution in [0.1, 0.15) is 19.8 Å². The second kappa shape index (κ2) is 6.42. The Hall–Kier alpha value is -1.34. The van der Waals surface area contributed by atoms with E-state index in [2.05, 4.69) is 11.9 Å². The Morgan fingerprint density at radius 1 is 1.45 bits per heavy atom. The fourth-order valence-corrected chi connectivity index (χ4v) is 4.25. The first-order chi connectivity index (χ1) is 10.6. The fraction of sp³-hybridized carbons (Fsp3) is 0.533. The molecule has 0 aromatic carbocycles. The molecule has 0 unspecified atom stereocenters. The van der Waals surface area contributed by atoms with Crippen LogP contribution in [0.25, 0.3) is 10.2 Å². The third-order valence-electron chi connectivity index (χ3n) is 4.11. The summed E-state index contributed by atoms with van der Waals surface area (Å²) in [7, 11) is 1.71. The molecule has 2 aromatic rings. The monoisotopic (exact) mass is 337 g/mol. The van der Waals surface area contributed by atoms with Gasteiger partial charge in [0.2, 0.25) is 5.91 Å². The van der Waals surface area contributed by atoms with Crippen molar-refractivity contribution in [3.8, 4) is 0 Å². The van der Waals surface area contributed by atoms with Crippen molar-refractivity contribution in [3.63, 3.8) is 0 Å². The first-order valence-electron chi connectivity index (χ1n) is 7.41. The summed E-state index contributed by atoms with van der Waals surface area (Å²) < 4.78 is 2.21. The zero-order valence-corrected chi connectivity index (χ0v) is 14.4. The molecule has 0 atom stereocenters. The number of piperidine rings is 1. The minimum absolute atomic E-state index is 0.0400. The lowest BCUT2D eigenvalue weighted by Crippen LogP contribution is -2.39. The van der Waals surface area contributed by atoms with Crippen LogP contribution in [0, 0.1) is 5.92 Å². The van der Waals surface area contributed by atoms with E-state index in [1.165, 1.54) is 27.7 Å². The Kier molecular flexibility index (Phi) is 4.54. The van der Waals surface area contributed by atoms with Gasteiger partial charge in [0.25, 0.3) is 5.56 Å². The van der Waals surface area contributed by atoms with Gasteiger partial charge in [-0.2, -0.15) is 0 Å². The van der Waals surface area contributed by atoms with E-state index in [0.717, 1.165) is 31.4 Å². The molecular formula is C15H19N3O2S2. The Morgan fingerprint density at radius 3 is 2.91 bits per heavy atom. The fourth-order valence-electron chi connectivity index (χ4n) is 2.57. The van der Waals surface area contributed by atoms with E-state index in [0.29, 0.717) is 21.5 Å². The molecule has 0 N–H and O–H groups in total. The summed E-state index contributed by atoms with van der Waals surface area (Å²) >= 11 is 2.75. The number of carbonyl (C=O) groups is 1. The number of amides is 1. The molecule has 1 aliphatic heterocycles. The van der Waals surface area contributed by atoms with Gasteiger partial charge in [0.05, 0.1) is 11.3 Å². The minimum Gasteiger partial charge on any atom is -0.342 e. The van der Waals surface area contributed by atoms with Crippen LogP contribution < -0.4 is 5.56 Å².